The molecule has 0 aliphatic carbocycles. The molecule has 1 aromatic carbocycles. The summed E-state index contributed by atoms with van der Waals surface area (Å²) < 4.78 is 15.9. The molecule has 0 radical (unpaired) electrons. The molecule has 10 nitrogen and oxygen atoms in total. The fourth-order valence-corrected chi connectivity index (χ4v) is 4.43. The van der Waals surface area contributed by atoms with E-state index in [2.05, 4.69) is 10.6 Å². The zero-order valence-corrected chi connectivity index (χ0v) is 21.1. The van der Waals surface area contributed by atoms with Crippen LogP contribution in [0.5, 0.6) is 11.5 Å². The minimum absolute atomic E-state index is 0.111. The van der Waals surface area contributed by atoms with Gasteiger partial charge in [-0.1, -0.05) is 6.92 Å². The van der Waals surface area contributed by atoms with Crippen LogP contribution in [0.25, 0.3) is 0 Å². The summed E-state index contributed by atoms with van der Waals surface area (Å²) in [6.45, 7) is 7.83. The second-order valence-corrected chi connectivity index (χ2v) is 9.80. The van der Waals surface area contributed by atoms with Crippen molar-refractivity contribution < 1.29 is 38.5 Å². The van der Waals surface area contributed by atoms with E-state index in [0.717, 1.165) is 0 Å². The van der Waals surface area contributed by atoms with Crippen LogP contribution in [0.15, 0.2) is 6.07 Å². The molecule has 3 N–H and O–H groups in total. The molecule has 11 heteroatoms. The highest BCUT2D eigenvalue weighted by molar-refractivity contribution is 7.98. The Labute approximate surface area is 203 Å². The van der Waals surface area contributed by atoms with Crippen LogP contribution >= 0.6 is 11.8 Å². The summed E-state index contributed by atoms with van der Waals surface area (Å²) in [5.74, 6) is -1.11. The molecule has 0 saturated heterocycles. The number of phenolic OH excluding ortho intramolecular Hbond substituents is 1. The number of esters is 1. The summed E-state index contributed by atoms with van der Waals surface area (Å²) in [7, 11) is 1.41. The number of phenols is 1. The topological polar surface area (TPSA) is 140 Å². The van der Waals surface area contributed by atoms with Gasteiger partial charge in [0.05, 0.1) is 18.7 Å². The van der Waals surface area contributed by atoms with Crippen molar-refractivity contribution in [3.8, 4) is 11.5 Å². The molecule has 34 heavy (non-hydrogen) atoms. The summed E-state index contributed by atoms with van der Waals surface area (Å²) in [4.78, 5) is 50.7. The number of hydrogen-bond donors (Lipinski definition) is 3. The number of hydrogen-bond acceptors (Lipinski definition) is 9. The molecule has 1 aromatic rings. The summed E-state index contributed by atoms with van der Waals surface area (Å²) >= 11 is 1.27. The first-order valence-electron chi connectivity index (χ1n) is 10.8. The van der Waals surface area contributed by atoms with Crippen LogP contribution in [0.2, 0.25) is 0 Å². The van der Waals surface area contributed by atoms with Gasteiger partial charge < -0.3 is 30.0 Å². The van der Waals surface area contributed by atoms with Gasteiger partial charge in [-0.25, -0.2) is 9.59 Å². The van der Waals surface area contributed by atoms with E-state index in [1.54, 1.807) is 34.6 Å². The Balaban J connectivity index is 2.45. The monoisotopic (exact) mass is 496 g/mol. The van der Waals surface area contributed by atoms with Crippen molar-refractivity contribution in [2.24, 2.45) is 0 Å². The number of rotatable bonds is 4. The van der Waals surface area contributed by atoms with Crippen molar-refractivity contribution in [2.75, 3.05) is 19.5 Å². The molecule has 2 atom stereocenters. The number of cyclic esters (lactones) is 1. The van der Waals surface area contributed by atoms with E-state index in [4.69, 9.17) is 14.2 Å². The number of carbonyl (C=O) groups is 4. The highest BCUT2D eigenvalue weighted by Crippen LogP contribution is 2.35. The summed E-state index contributed by atoms with van der Waals surface area (Å²) in [6.07, 6.45) is -0.678. The van der Waals surface area contributed by atoms with Gasteiger partial charge in [0.2, 0.25) is 5.91 Å². The lowest BCUT2D eigenvalue weighted by Gasteiger charge is -2.26. The number of benzene rings is 1. The maximum absolute atomic E-state index is 13.0. The number of ether oxygens (including phenoxy) is 3. The van der Waals surface area contributed by atoms with E-state index in [1.165, 1.54) is 24.9 Å². The van der Waals surface area contributed by atoms with E-state index >= 15 is 0 Å². The van der Waals surface area contributed by atoms with Gasteiger partial charge in [0.25, 0.3) is 0 Å². The lowest BCUT2D eigenvalue weighted by molar-refractivity contribution is -0.129. The van der Waals surface area contributed by atoms with Crippen LogP contribution in [-0.2, 0) is 24.8 Å². The molecular formula is C23H32N2O8S. The van der Waals surface area contributed by atoms with Gasteiger partial charge in [-0.05, 0) is 27.7 Å². The number of fused-ring (bicyclic) bond motifs is 1. The number of alkyl carbamates (subject to hydrolysis) is 1. The number of aromatic hydroxyl groups is 1. The Hall–Kier alpha value is -2.95. The number of methoxy groups -OCH3 is 1. The second kappa shape index (κ2) is 11.5. The third-order valence-electron chi connectivity index (χ3n) is 5.02. The van der Waals surface area contributed by atoms with Gasteiger partial charge in [0.15, 0.2) is 5.78 Å². The van der Waals surface area contributed by atoms with E-state index in [9.17, 15) is 24.3 Å². The summed E-state index contributed by atoms with van der Waals surface area (Å²) in [5.41, 5.74) is 0.0870. The standard InChI is InChI=1S/C23H32N2O8S/c1-7-16(26)15-11-34-10-13-17(27)8-18(31-6)12(2)19(13)21(29)32-9-14(20(28)24-15)25-22(30)33-23(3,4)5/h8,14-15,27H,7,9-11H2,1-6H3,(H,24,28)(H,25,30)/t14-,15-/m0/s1. The number of carbonyl (C=O) groups excluding carboxylic acids is 4. The molecular weight excluding hydrogens is 464 g/mol. The first-order chi connectivity index (χ1) is 15.9. The van der Waals surface area contributed by atoms with Gasteiger partial charge in [-0.15, -0.1) is 0 Å². The van der Waals surface area contributed by atoms with Crippen molar-refractivity contribution in [3.63, 3.8) is 0 Å². The van der Waals surface area contributed by atoms with Crippen LogP contribution in [0.4, 0.5) is 4.79 Å². The normalized spacial score (nSPS) is 19.5. The maximum atomic E-state index is 13.0. The summed E-state index contributed by atoms with van der Waals surface area (Å²) in [6, 6.07) is -0.721. The Bertz CT molecular complexity index is 957. The molecule has 188 valence electrons. The summed E-state index contributed by atoms with van der Waals surface area (Å²) in [5, 5.41) is 15.6. The Morgan fingerprint density at radius 1 is 1.32 bits per heavy atom. The predicted molar refractivity (Wildman–Crippen MR) is 126 cm³/mol. The number of nitrogens with one attached hydrogen (secondary N) is 2. The van der Waals surface area contributed by atoms with E-state index < -0.39 is 42.3 Å². The fraction of sp³-hybridized carbons (Fsp3) is 0.565. The van der Waals surface area contributed by atoms with Crippen molar-refractivity contribution in [1.82, 2.24) is 10.6 Å². The largest absolute Gasteiger partial charge is 0.507 e. The molecule has 0 bridgehead atoms. The third kappa shape index (κ3) is 7.02. The van der Waals surface area contributed by atoms with Crippen molar-refractivity contribution in [1.29, 1.82) is 0 Å². The molecule has 2 amide bonds. The lowest BCUT2D eigenvalue weighted by Crippen LogP contribution is -2.55. The maximum Gasteiger partial charge on any atom is 0.408 e. The minimum atomic E-state index is -1.31. The SMILES string of the molecule is CCC(=O)[C@@H]1CSCc2c(O)cc(OC)c(C)c2C(=O)OC[C@H](NC(=O)OC(C)(C)C)C(=O)N1. The smallest absolute Gasteiger partial charge is 0.408 e. The van der Waals surface area contributed by atoms with E-state index in [1.807, 2.05) is 0 Å². The number of ketones is 1. The van der Waals surface area contributed by atoms with Crippen LogP contribution in [-0.4, -0.2) is 66.0 Å². The first kappa shape index (κ1) is 27.3. The number of amides is 2. The van der Waals surface area contributed by atoms with Crippen LogP contribution < -0.4 is 15.4 Å². The van der Waals surface area contributed by atoms with E-state index in [0.29, 0.717) is 16.9 Å². The molecule has 0 saturated carbocycles. The van der Waals surface area contributed by atoms with Gasteiger partial charge in [-0.2, -0.15) is 11.8 Å². The van der Waals surface area contributed by atoms with Crippen LogP contribution in [0.1, 0.15) is 55.6 Å². The van der Waals surface area contributed by atoms with Gasteiger partial charge in [0, 0.05) is 35.1 Å². The average Bonchev–Trinajstić information content (AvgIpc) is 2.74. The van der Waals surface area contributed by atoms with Crippen molar-refractivity contribution in [2.45, 2.75) is 64.5 Å². The minimum Gasteiger partial charge on any atom is -0.507 e. The van der Waals surface area contributed by atoms with Crippen molar-refractivity contribution >= 4 is 35.5 Å². The molecule has 1 aliphatic rings. The van der Waals surface area contributed by atoms with Crippen LogP contribution in [0, 0.1) is 6.92 Å². The Kier molecular flexibility index (Phi) is 9.20. The van der Waals surface area contributed by atoms with E-state index in [-0.39, 0.29) is 35.0 Å². The Morgan fingerprint density at radius 2 is 2.00 bits per heavy atom. The van der Waals surface area contributed by atoms with Crippen LogP contribution in [0.3, 0.4) is 0 Å². The predicted octanol–water partition coefficient (Wildman–Crippen LogP) is 2.47. The fourth-order valence-electron chi connectivity index (χ4n) is 3.31. The zero-order valence-electron chi connectivity index (χ0n) is 20.3. The number of thioether (sulfide) groups is 1. The molecule has 1 aliphatic heterocycles. The Morgan fingerprint density at radius 3 is 2.59 bits per heavy atom. The zero-order chi connectivity index (χ0) is 25.6. The highest BCUT2D eigenvalue weighted by Gasteiger charge is 2.31. The van der Waals surface area contributed by atoms with Crippen molar-refractivity contribution in [3.05, 3.63) is 22.8 Å². The average molecular weight is 497 g/mol. The molecule has 2 rings (SSSR count). The van der Waals surface area contributed by atoms with Gasteiger partial charge in [-0.3, -0.25) is 9.59 Å². The molecule has 0 spiro atoms. The second-order valence-electron chi connectivity index (χ2n) is 8.77. The molecule has 0 aromatic heterocycles. The number of Topliss-reactive ketones (excluding diaryl/α,β-unsaturated/α-hetero) is 1. The molecule has 0 unspecified atom stereocenters. The lowest BCUT2D eigenvalue weighted by atomic mass is 10.0. The first-order valence-corrected chi connectivity index (χ1v) is 12.0. The highest BCUT2D eigenvalue weighted by atomic mass is 32.2. The molecule has 1 heterocycles. The van der Waals surface area contributed by atoms with Gasteiger partial charge >= 0.3 is 12.1 Å². The molecule has 0 fully saturated rings. The quantitative estimate of drug-likeness (QED) is 0.536. The third-order valence-corrected chi connectivity index (χ3v) is 6.08. The van der Waals surface area contributed by atoms with Gasteiger partial charge in [0.1, 0.15) is 29.7 Å².